The zero-order valence-corrected chi connectivity index (χ0v) is 18.1. The van der Waals surface area contributed by atoms with Crippen molar-refractivity contribution in [2.75, 3.05) is 6.61 Å². The summed E-state index contributed by atoms with van der Waals surface area (Å²) in [5.74, 6) is 1.35. The summed E-state index contributed by atoms with van der Waals surface area (Å²) in [4.78, 5) is 27.5. The van der Waals surface area contributed by atoms with E-state index in [-0.39, 0.29) is 36.0 Å². The smallest absolute Gasteiger partial charge is 0.273 e. The zero-order valence-electron chi connectivity index (χ0n) is 18.1. The molecule has 0 aliphatic rings. The van der Waals surface area contributed by atoms with Gasteiger partial charge in [-0.25, -0.2) is 0 Å². The van der Waals surface area contributed by atoms with Gasteiger partial charge in [0.05, 0.1) is 12.6 Å². The SMILES string of the molecule is CC(C)COc1cccc(-c2nnc(CCC(=O)N[C@H](C)c3ccccc3)c(=O)[nH]2)c1. The van der Waals surface area contributed by atoms with E-state index >= 15 is 0 Å². The molecule has 1 aromatic heterocycles. The van der Waals surface area contributed by atoms with Crippen molar-refractivity contribution < 1.29 is 9.53 Å². The van der Waals surface area contributed by atoms with Crippen molar-refractivity contribution in [2.24, 2.45) is 5.92 Å². The van der Waals surface area contributed by atoms with Crippen molar-refractivity contribution in [3.05, 3.63) is 76.2 Å². The van der Waals surface area contributed by atoms with Crippen LogP contribution >= 0.6 is 0 Å². The molecule has 162 valence electrons. The molecule has 3 aromatic rings. The van der Waals surface area contributed by atoms with E-state index in [1.54, 1.807) is 0 Å². The van der Waals surface area contributed by atoms with E-state index in [1.165, 1.54) is 0 Å². The van der Waals surface area contributed by atoms with Gasteiger partial charge >= 0.3 is 0 Å². The highest BCUT2D eigenvalue weighted by Gasteiger charge is 2.12. The first-order chi connectivity index (χ1) is 14.9. The molecule has 0 unspecified atom stereocenters. The minimum Gasteiger partial charge on any atom is -0.493 e. The fourth-order valence-corrected chi connectivity index (χ4v) is 3.02. The molecule has 0 saturated heterocycles. The number of carbonyl (C=O) groups excluding carboxylic acids is 1. The van der Waals surface area contributed by atoms with E-state index in [0.29, 0.717) is 29.7 Å². The predicted octanol–water partition coefficient (Wildman–Crippen LogP) is 3.68. The first-order valence-corrected chi connectivity index (χ1v) is 10.5. The van der Waals surface area contributed by atoms with Crippen LogP contribution in [0.5, 0.6) is 5.75 Å². The largest absolute Gasteiger partial charge is 0.493 e. The number of benzene rings is 2. The number of aryl methyl sites for hydroxylation is 1. The molecule has 31 heavy (non-hydrogen) atoms. The van der Waals surface area contributed by atoms with Crippen LogP contribution in [0.4, 0.5) is 0 Å². The topological polar surface area (TPSA) is 97.0 Å². The average Bonchev–Trinajstić information content (AvgIpc) is 2.77. The van der Waals surface area contributed by atoms with Gasteiger partial charge in [0.15, 0.2) is 5.82 Å². The summed E-state index contributed by atoms with van der Waals surface area (Å²) in [7, 11) is 0. The molecular formula is C24H28N4O3. The molecular weight excluding hydrogens is 392 g/mol. The molecule has 0 aliphatic heterocycles. The molecule has 0 bridgehead atoms. The second-order valence-corrected chi connectivity index (χ2v) is 7.88. The molecule has 0 fully saturated rings. The number of nitrogens with zero attached hydrogens (tertiary/aromatic N) is 2. The molecule has 7 heteroatoms. The lowest BCUT2D eigenvalue weighted by molar-refractivity contribution is -0.121. The van der Waals surface area contributed by atoms with Gasteiger partial charge in [0.25, 0.3) is 5.56 Å². The van der Waals surface area contributed by atoms with Gasteiger partial charge in [-0.15, -0.1) is 10.2 Å². The van der Waals surface area contributed by atoms with Crippen molar-refractivity contribution in [1.29, 1.82) is 0 Å². The van der Waals surface area contributed by atoms with E-state index in [4.69, 9.17) is 4.74 Å². The Bertz CT molecular complexity index is 1060. The third-order valence-electron chi connectivity index (χ3n) is 4.72. The predicted molar refractivity (Wildman–Crippen MR) is 120 cm³/mol. The van der Waals surface area contributed by atoms with Gasteiger partial charge in [0.2, 0.25) is 5.91 Å². The van der Waals surface area contributed by atoms with Crippen molar-refractivity contribution in [2.45, 2.75) is 39.7 Å². The molecule has 1 atom stereocenters. The van der Waals surface area contributed by atoms with Crippen LogP contribution in [0, 0.1) is 5.92 Å². The maximum Gasteiger partial charge on any atom is 0.273 e. The molecule has 1 amide bonds. The van der Waals surface area contributed by atoms with E-state index in [0.717, 1.165) is 5.56 Å². The van der Waals surface area contributed by atoms with Gasteiger partial charge in [-0.3, -0.25) is 9.59 Å². The fraction of sp³-hybridized carbons (Fsp3) is 0.333. The summed E-state index contributed by atoms with van der Waals surface area (Å²) in [5.41, 5.74) is 1.63. The third kappa shape index (κ3) is 6.50. The van der Waals surface area contributed by atoms with Crippen LogP contribution in [0.2, 0.25) is 0 Å². The molecule has 0 saturated carbocycles. The summed E-state index contributed by atoms with van der Waals surface area (Å²) in [6.45, 7) is 6.69. The minimum atomic E-state index is -0.345. The van der Waals surface area contributed by atoms with E-state index in [1.807, 2.05) is 61.5 Å². The Kier molecular flexibility index (Phi) is 7.54. The van der Waals surface area contributed by atoms with Gasteiger partial charge in [0, 0.05) is 18.4 Å². The van der Waals surface area contributed by atoms with Gasteiger partial charge in [-0.2, -0.15) is 0 Å². The zero-order chi connectivity index (χ0) is 22.2. The monoisotopic (exact) mass is 420 g/mol. The fourth-order valence-electron chi connectivity index (χ4n) is 3.02. The highest BCUT2D eigenvalue weighted by Crippen LogP contribution is 2.20. The summed E-state index contributed by atoms with van der Waals surface area (Å²) in [6.07, 6.45) is 0.375. The number of aromatic amines is 1. The molecule has 2 aromatic carbocycles. The van der Waals surface area contributed by atoms with Crippen LogP contribution < -0.4 is 15.6 Å². The van der Waals surface area contributed by atoms with Gasteiger partial charge in [0.1, 0.15) is 11.4 Å². The number of aromatic nitrogens is 3. The molecule has 0 aliphatic carbocycles. The second kappa shape index (κ2) is 10.5. The molecule has 2 N–H and O–H groups in total. The van der Waals surface area contributed by atoms with Crippen molar-refractivity contribution >= 4 is 5.91 Å². The molecule has 7 nitrogen and oxygen atoms in total. The quantitative estimate of drug-likeness (QED) is 0.550. The van der Waals surface area contributed by atoms with E-state index < -0.39 is 0 Å². The molecule has 3 rings (SSSR count). The Morgan fingerprint density at radius 2 is 1.84 bits per heavy atom. The Labute approximate surface area is 181 Å². The maximum absolute atomic E-state index is 12.4. The Hall–Kier alpha value is -3.48. The van der Waals surface area contributed by atoms with E-state index in [2.05, 4.69) is 34.3 Å². The number of rotatable bonds is 9. The van der Waals surface area contributed by atoms with Crippen LogP contribution in [0.1, 0.15) is 44.5 Å². The number of hydrogen-bond acceptors (Lipinski definition) is 5. The summed E-state index contributed by atoms with van der Waals surface area (Å²) >= 11 is 0. The van der Waals surface area contributed by atoms with Crippen molar-refractivity contribution in [1.82, 2.24) is 20.5 Å². The van der Waals surface area contributed by atoms with Crippen LogP contribution in [-0.2, 0) is 11.2 Å². The van der Waals surface area contributed by atoms with Gasteiger partial charge < -0.3 is 15.0 Å². The maximum atomic E-state index is 12.4. The summed E-state index contributed by atoms with van der Waals surface area (Å²) < 4.78 is 5.73. The lowest BCUT2D eigenvalue weighted by Gasteiger charge is -2.14. The highest BCUT2D eigenvalue weighted by atomic mass is 16.5. The Morgan fingerprint density at radius 1 is 1.06 bits per heavy atom. The van der Waals surface area contributed by atoms with Crippen LogP contribution in [-0.4, -0.2) is 27.7 Å². The normalized spacial score (nSPS) is 11.9. The first-order valence-electron chi connectivity index (χ1n) is 10.5. The van der Waals surface area contributed by atoms with Crippen LogP contribution in [0.3, 0.4) is 0 Å². The number of nitrogens with one attached hydrogen (secondary N) is 2. The molecule has 0 radical (unpaired) electrons. The van der Waals surface area contributed by atoms with E-state index in [9.17, 15) is 9.59 Å². The highest BCUT2D eigenvalue weighted by molar-refractivity contribution is 5.76. The second-order valence-electron chi connectivity index (χ2n) is 7.88. The third-order valence-corrected chi connectivity index (χ3v) is 4.72. The Morgan fingerprint density at radius 3 is 2.55 bits per heavy atom. The van der Waals surface area contributed by atoms with Gasteiger partial charge in [-0.1, -0.05) is 56.3 Å². The van der Waals surface area contributed by atoms with Gasteiger partial charge in [-0.05, 0) is 30.5 Å². The number of amides is 1. The minimum absolute atomic E-state index is 0.106. The Balaban J connectivity index is 1.60. The summed E-state index contributed by atoms with van der Waals surface area (Å²) in [5, 5.41) is 11.1. The number of H-pyrrole nitrogens is 1. The number of ether oxygens (including phenoxy) is 1. The molecule has 0 spiro atoms. The lowest BCUT2D eigenvalue weighted by atomic mass is 10.1. The summed E-state index contributed by atoms with van der Waals surface area (Å²) in [6, 6.07) is 17.0. The average molecular weight is 421 g/mol. The lowest BCUT2D eigenvalue weighted by Crippen LogP contribution is -2.28. The van der Waals surface area contributed by atoms with Crippen molar-refractivity contribution in [3.63, 3.8) is 0 Å². The van der Waals surface area contributed by atoms with Crippen LogP contribution in [0.25, 0.3) is 11.4 Å². The van der Waals surface area contributed by atoms with Crippen molar-refractivity contribution in [3.8, 4) is 17.1 Å². The first kappa shape index (κ1) is 22.2. The van der Waals surface area contributed by atoms with Crippen LogP contribution in [0.15, 0.2) is 59.4 Å². The standard InChI is InChI=1S/C24H28N4O3/c1-16(2)15-31-20-11-7-10-19(14-20)23-26-24(30)21(27-28-23)12-13-22(29)25-17(3)18-8-5-4-6-9-18/h4-11,14,16-17H,12-13,15H2,1-3H3,(H,25,29)(H,26,28,30)/t17-/m1/s1. The number of carbonyl (C=O) groups is 1. The number of hydrogen-bond donors (Lipinski definition) is 2. The molecule has 1 heterocycles.